The normalized spacial score (nSPS) is 14.7. The molecule has 0 saturated carbocycles. The van der Waals surface area contributed by atoms with Gasteiger partial charge in [-0.05, 0) is 36.2 Å². The molecular weight excluding hydrogens is 425 g/mol. The van der Waals surface area contributed by atoms with E-state index in [0.717, 1.165) is 11.9 Å². The summed E-state index contributed by atoms with van der Waals surface area (Å²) in [5.41, 5.74) is 1.56. The summed E-state index contributed by atoms with van der Waals surface area (Å²) in [6.07, 6.45) is -4.28. The Kier molecular flexibility index (Phi) is 6.05. The van der Waals surface area contributed by atoms with Gasteiger partial charge in [-0.3, -0.25) is 4.79 Å². The maximum atomic E-state index is 13.4. The van der Waals surface area contributed by atoms with Crippen molar-refractivity contribution in [3.8, 4) is 0 Å². The molecule has 1 fully saturated rings. The molecule has 7 nitrogen and oxygen atoms in total. The Morgan fingerprint density at radius 3 is 2.62 bits per heavy atom. The zero-order valence-corrected chi connectivity index (χ0v) is 17.8. The zero-order valence-electron chi connectivity index (χ0n) is 17.8. The number of alkyl halides is 3. The lowest BCUT2D eigenvalue weighted by atomic mass is 9.98. The van der Waals surface area contributed by atoms with Gasteiger partial charge in [-0.2, -0.15) is 13.2 Å². The van der Waals surface area contributed by atoms with Crippen LogP contribution in [0.3, 0.4) is 0 Å². The van der Waals surface area contributed by atoms with Crippen molar-refractivity contribution in [3.05, 3.63) is 58.4 Å². The average Bonchev–Trinajstić information content (AvgIpc) is 3.10. The van der Waals surface area contributed by atoms with Crippen LogP contribution in [0.2, 0.25) is 0 Å². The van der Waals surface area contributed by atoms with Gasteiger partial charge in [-0.25, -0.2) is 9.50 Å². The number of aromatic nitrogens is 3. The minimum Gasteiger partial charge on any atom is -0.459 e. The fraction of sp³-hybridized carbons (Fsp3) is 0.409. The van der Waals surface area contributed by atoms with Crippen molar-refractivity contribution in [2.24, 2.45) is 0 Å². The predicted octanol–water partition coefficient (Wildman–Crippen LogP) is 3.55. The number of anilines is 1. The lowest BCUT2D eigenvalue weighted by Gasteiger charge is -2.27. The Bertz CT molecular complexity index is 1140. The molecule has 0 atom stereocenters. The van der Waals surface area contributed by atoms with E-state index >= 15 is 0 Å². The summed E-state index contributed by atoms with van der Waals surface area (Å²) >= 11 is 0. The van der Waals surface area contributed by atoms with Crippen molar-refractivity contribution >= 4 is 17.4 Å². The van der Waals surface area contributed by atoms with Crippen molar-refractivity contribution in [1.29, 1.82) is 0 Å². The SMILES string of the molecule is CC(=O)OCc1nc2ccc(N3CCOCC3)nn2c1Cc1cccc(C(F)(F)F)c1C. The number of benzene rings is 1. The molecule has 170 valence electrons. The molecular formula is C22H23F3N4O3. The van der Waals surface area contributed by atoms with Gasteiger partial charge in [0.25, 0.3) is 0 Å². The van der Waals surface area contributed by atoms with Gasteiger partial charge in [-0.1, -0.05) is 12.1 Å². The highest BCUT2D eigenvalue weighted by Crippen LogP contribution is 2.34. The van der Waals surface area contributed by atoms with E-state index in [4.69, 9.17) is 14.6 Å². The number of esters is 1. The summed E-state index contributed by atoms with van der Waals surface area (Å²) in [7, 11) is 0. The van der Waals surface area contributed by atoms with Crippen LogP contribution in [0, 0.1) is 6.92 Å². The number of morpholine rings is 1. The molecule has 1 aliphatic rings. The summed E-state index contributed by atoms with van der Waals surface area (Å²) in [5.74, 6) is 0.254. The highest BCUT2D eigenvalue weighted by Gasteiger charge is 2.33. The molecule has 32 heavy (non-hydrogen) atoms. The lowest BCUT2D eigenvalue weighted by molar-refractivity contribution is -0.142. The number of fused-ring (bicyclic) bond motifs is 1. The van der Waals surface area contributed by atoms with E-state index in [-0.39, 0.29) is 18.6 Å². The van der Waals surface area contributed by atoms with E-state index in [1.807, 2.05) is 6.07 Å². The molecule has 4 rings (SSSR count). The van der Waals surface area contributed by atoms with E-state index in [9.17, 15) is 18.0 Å². The fourth-order valence-electron chi connectivity index (χ4n) is 3.80. The van der Waals surface area contributed by atoms with Crippen molar-refractivity contribution in [2.45, 2.75) is 33.1 Å². The summed E-state index contributed by atoms with van der Waals surface area (Å²) in [6.45, 7) is 5.24. The van der Waals surface area contributed by atoms with E-state index < -0.39 is 17.7 Å². The molecule has 0 N–H and O–H groups in total. The molecule has 2 aromatic heterocycles. The molecule has 0 bridgehead atoms. The van der Waals surface area contributed by atoms with Gasteiger partial charge >= 0.3 is 12.1 Å². The van der Waals surface area contributed by atoms with Gasteiger partial charge in [0, 0.05) is 26.4 Å². The van der Waals surface area contributed by atoms with Crippen molar-refractivity contribution in [2.75, 3.05) is 31.2 Å². The Hall–Kier alpha value is -3.14. The number of rotatable bonds is 5. The molecule has 3 aromatic rings. The van der Waals surface area contributed by atoms with E-state index in [2.05, 4.69) is 9.88 Å². The third kappa shape index (κ3) is 4.55. The Labute approximate surface area is 182 Å². The third-order valence-corrected chi connectivity index (χ3v) is 5.50. The Balaban J connectivity index is 1.78. The van der Waals surface area contributed by atoms with Crippen LogP contribution in [0.25, 0.3) is 5.65 Å². The number of carbonyl (C=O) groups is 1. The molecule has 0 spiro atoms. The molecule has 3 heterocycles. The smallest absolute Gasteiger partial charge is 0.416 e. The fourth-order valence-corrected chi connectivity index (χ4v) is 3.80. The van der Waals surface area contributed by atoms with Crippen LogP contribution >= 0.6 is 0 Å². The lowest BCUT2D eigenvalue weighted by Crippen LogP contribution is -2.37. The van der Waals surface area contributed by atoms with Crippen molar-refractivity contribution in [1.82, 2.24) is 14.6 Å². The summed E-state index contributed by atoms with van der Waals surface area (Å²) in [5, 5.41) is 4.71. The van der Waals surface area contributed by atoms with Crippen LogP contribution in [0.4, 0.5) is 19.0 Å². The molecule has 0 aliphatic carbocycles. The molecule has 10 heteroatoms. The summed E-state index contributed by atoms with van der Waals surface area (Å²) < 4.78 is 52.4. The molecule has 0 unspecified atom stereocenters. The molecule has 1 aromatic carbocycles. The number of carbonyl (C=O) groups excluding carboxylic acids is 1. The number of imidazole rings is 1. The summed E-state index contributed by atoms with van der Waals surface area (Å²) in [6, 6.07) is 7.78. The molecule has 0 amide bonds. The number of halogens is 3. The number of nitrogens with zero attached hydrogens (tertiary/aromatic N) is 4. The quantitative estimate of drug-likeness (QED) is 0.556. The monoisotopic (exact) mass is 448 g/mol. The first-order chi connectivity index (χ1) is 15.2. The van der Waals surface area contributed by atoms with Crippen molar-refractivity contribution in [3.63, 3.8) is 0 Å². The first-order valence-electron chi connectivity index (χ1n) is 10.2. The van der Waals surface area contributed by atoms with Crippen LogP contribution in [0.15, 0.2) is 30.3 Å². The highest BCUT2D eigenvalue weighted by atomic mass is 19.4. The number of ether oxygens (including phenoxy) is 2. The number of hydrogen-bond acceptors (Lipinski definition) is 6. The van der Waals surface area contributed by atoms with Crippen LogP contribution < -0.4 is 4.90 Å². The molecule has 0 radical (unpaired) electrons. The second-order valence-corrected chi connectivity index (χ2v) is 7.61. The minimum absolute atomic E-state index is 0.0844. The topological polar surface area (TPSA) is 69.0 Å². The van der Waals surface area contributed by atoms with E-state index in [1.54, 1.807) is 16.6 Å². The first kappa shape index (κ1) is 22.1. The molecule has 1 saturated heterocycles. The second-order valence-electron chi connectivity index (χ2n) is 7.61. The third-order valence-electron chi connectivity index (χ3n) is 5.50. The van der Waals surface area contributed by atoms with Crippen LogP contribution in [0.1, 0.15) is 35.0 Å². The standard InChI is InChI=1S/C22H23F3N4O3/c1-14-16(4-3-5-17(14)22(23,24)25)12-19-18(13-32-15(2)30)26-20-6-7-21(27-29(19)20)28-8-10-31-11-9-28/h3-7H,8-13H2,1-2H3. The number of hydrogen-bond donors (Lipinski definition) is 0. The van der Waals surface area contributed by atoms with Gasteiger partial charge in [0.05, 0.1) is 24.5 Å². The van der Waals surface area contributed by atoms with Gasteiger partial charge in [-0.15, -0.1) is 5.10 Å². The van der Waals surface area contributed by atoms with Gasteiger partial charge < -0.3 is 14.4 Å². The van der Waals surface area contributed by atoms with Gasteiger partial charge in [0.2, 0.25) is 0 Å². The Morgan fingerprint density at radius 2 is 1.94 bits per heavy atom. The maximum absolute atomic E-state index is 13.4. The van der Waals surface area contributed by atoms with Gasteiger partial charge in [0.15, 0.2) is 5.65 Å². The predicted molar refractivity (Wildman–Crippen MR) is 110 cm³/mol. The zero-order chi connectivity index (χ0) is 22.9. The average molecular weight is 448 g/mol. The first-order valence-corrected chi connectivity index (χ1v) is 10.2. The van der Waals surface area contributed by atoms with Gasteiger partial charge in [0.1, 0.15) is 18.1 Å². The Morgan fingerprint density at radius 1 is 1.19 bits per heavy atom. The van der Waals surface area contributed by atoms with Crippen LogP contribution in [-0.4, -0.2) is 46.9 Å². The maximum Gasteiger partial charge on any atom is 0.416 e. The molecule has 1 aliphatic heterocycles. The minimum atomic E-state index is -4.44. The van der Waals surface area contributed by atoms with E-state index in [1.165, 1.54) is 19.9 Å². The van der Waals surface area contributed by atoms with Crippen LogP contribution in [-0.2, 0) is 33.5 Å². The second kappa shape index (κ2) is 8.78. The van der Waals surface area contributed by atoms with E-state index in [0.29, 0.717) is 48.9 Å². The van der Waals surface area contributed by atoms with Crippen LogP contribution in [0.5, 0.6) is 0 Å². The largest absolute Gasteiger partial charge is 0.459 e. The highest BCUT2D eigenvalue weighted by molar-refractivity contribution is 5.66. The summed E-state index contributed by atoms with van der Waals surface area (Å²) in [4.78, 5) is 18.0. The van der Waals surface area contributed by atoms with Crippen molar-refractivity contribution < 1.29 is 27.4 Å².